The molecular weight excluding hydrogens is 415 g/mol. The summed E-state index contributed by atoms with van der Waals surface area (Å²) in [4.78, 5) is 5.05. The topological polar surface area (TPSA) is 63.5 Å². The zero-order valence-electron chi connectivity index (χ0n) is 16.2. The summed E-state index contributed by atoms with van der Waals surface area (Å²) in [6.45, 7) is 3.14. The second-order valence-electron chi connectivity index (χ2n) is 8.23. The lowest BCUT2D eigenvalue weighted by atomic mass is 9.58. The van der Waals surface area contributed by atoms with E-state index >= 15 is 0 Å². The number of halogens is 3. The highest BCUT2D eigenvalue weighted by atomic mass is 32.1. The predicted octanol–water partition coefficient (Wildman–Crippen LogP) is 4.55. The molecule has 30 heavy (non-hydrogen) atoms. The van der Waals surface area contributed by atoms with E-state index in [-0.39, 0.29) is 5.75 Å². The first-order chi connectivity index (χ1) is 14.4. The van der Waals surface area contributed by atoms with E-state index in [1.807, 2.05) is 0 Å². The molecule has 2 N–H and O–H groups in total. The fourth-order valence-corrected chi connectivity index (χ4v) is 5.50. The molecule has 0 bridgehead atoms. The van der Waals surface area contributed by atoms with Crippen LogP contribution < -0.4 is 15.4 Å². The van der Waals surface area contributed by atoms with E-state index in [1.165, 1.54) is 55.2 Å². The molecule has 3 heterocycles. The lowest BCUT2D eigenvalue weighted by molar-refractivity contribution is -0.274. The number of imidazole rings is 1. The van der Waals surface area contributed by atoms with Gasteiger partial charge >= 0.3 is 6.36 Å². The third-order valence-electron chi connectivity index (χ3n) is 6.10. The number of anilines is 1. The van der Waals surface area contributed by atoms with E-state index in [1.54, 1.807) is 16.8 Å². The highest BCUT2D eigenvalue weighted by Crippen LogP contribution is 2.51. The first kappa shape index (κ1) is 19.6. The number of alkyl halides is 3. The molecule has 6 nitrogen and oxygen atoms in total. The number of hydrogen-bond acceptors (Lipinski definition) is 6. The Morgan fingerprint density at radius 3 is 2.83 bits per heavy atom. The average Bonchev–Trinajstić information content (AvgIpc) is 3.24. The standard InChI is InChI=1S/C20H22F3N5OS/c21-20(22,23)29-15-3-1-2-14(8-15)16-12-26-18-28(16)27-17(30-18)25-11-13-9-19(10-13)4-6-24-7-5-19/h1-3,8,12-13,24H,4-7,9-11H2,(H,25,27). The summed E-state index contributed by atoms with van der Waals surface area (Å²) < 4.78 is 43.2. The summed E-state index contributed by atoms with van der Waals surface area (Å²) in [6.07, 6.45) is 1.96. The van der Waals surface area contributed by atoms with Crippen LogP contribution in [0.4, 0.5) is 18.3 Å². The number of nitrogens with one attached hydrogen (secondary N) is 2. The van der Waals surface area contributed by atoms with Gasteiger partial charge in [0.05, 0.1) is 11.9 Å². The van der Waals surface area contributed by atoms with Gasteiger partial charge < -0.3 is 15.4 Å². The second kappa shape index (κ2) is 7.42. The van der Waals surface area contributed by atoms with E-state index in [9.17, 15) is 13.2 Å². The average molecular weight is 437 g/mol. The molecule has 160 valence electrons. The van der Waals surface area contributed by atoms with Gasteiger partial charge in [-0.25, -0.2) is 9.50 Å². The van der Waals surface area contributed by atoms with E-state index in [0.717, 1.165) is 24.8 Å². The Morgan fingerprint density at radius 2 is 2.07 bits per heavy atom. The zero-order valence-corrected chi connectivity index (χ0v) is 17.0. The number of nitrogens with zero attached hydrogens (tertiary/aromatic N) is 3. The molecule has 0 atom stereocenters. The molecule has 5 rings (SSSR count). The van der Waals surface area contributed by atoms with Crippen molar-refractivity contribution in [3.05, 3.63) is 30.5 Å². The van der Waals surface area contributed by atoms with Crippen molar-refractivity contribution >= 4 is 21.4 Å². The molecule has 0 amide bonds. The Bertz CT molecular complexity index is 1030. The van der Waals surface area contributed by atoms with Crippen LogP contribution in [0.5, 0.6) is 5.75 Å². The zero-order chi connectivity index (χ0) is 20.8. The molecule has 0 radical (unpaired) electrons. The lowest BCUT2D eigenvalue weighted by Crippen LogP contribution is -2.47. The predicted molar refractivity (Wildman–Crippen MR) is 109 cm³/mol. The van der Waals surface area contributed by atoms with Crippen molar-refractivity contribution in [2.24, 2.45) is 11.3 Å². The van der Waals surface area contributed by atoms with Gasteiger partial charge in [0, 0.05) is 12.1 Å². The molecule has 10 heteroatoms. The minimum atomic E-state index is -4.72. The fourth-order valence-electron chi connectivity index (χ4n) is 4.72. The lowest BCUT2D eigenvalue weighted by Gasteiger charge is -2.50. The van der Waals surface area contributed by atoms with Crippen molar-refractivity contribution in [2.45, 2.75) is 32.0 Å². The molecule has 3 aromatic rings. The number of benzene rings is 1. The normalized spacial score (nSPS) is 19.2. The third kappa shape index (κ3) is 3.98. The minimum absolute atomic E-state index is 0.264. The molecule has 0 unspecified atom stereocenters. The number of fused-ring (bicyclic) bond motifs is 1. The van der Waals surface area contributed by atoms with Gasteiger partial charge in [-0.3, -0.25) is 0 Å². The molecule has 1 aromatic carbocycles. The smallest absolute Gasteiger partial charge is 0.406 e. The van der Waals surface area contributed by atoms with Gasteiger partial charge in [0.15, 0.2) is 0 Å². The maximum Gasteiger partial charge on any atom is 0.573 e. The van der Waals surface area contributed by atoms with Crippen LogP contribution in [-0.2, 0) is 0 Å². The van der Waals surface area contributed by atoms with Crippen molar-refractivity contribution in [2.75, 3.05) is 25.0 Å². The molecule has 2 fully saturated rings. The quantitative estimate of drug-likeness (QED) is 0.613. The van der Waals surface area contributed by atoms with Crippen molar-refractivity contribution in [3.63, 3.8) is 0 Å². The molecule has 2 aromatic heterocycles. The minimum Gasteiger partial charge on any atom is -0.406 e. The Labute approximate surface area is 175 Å². The Morgan fingerprint density at radius 1 is 1.27 bits per heavy atom. The second-order valence-corrected chi connectivity index (χ2v) is 9.18. The van der Waals surface area contributed by atoms with E-state index in [0.29, 0.717) is 27.6 Å². The van der Waals surface area contributed by atoms with Gasteiger partial charge in [-0.05, 0) is 62.2 Å². The molecule has 1 aliphatic heterocycles. The Kier molecular flexibility index (Phi) is 4.85. The Balaban J connectivity index is 1.26. The highest BCUT2D eigenvalue weighted by molar-refractivity contribution is 7.20. The van der Waals surface area contributed by atoms with Crippen LogP contribution in [0.25, 0.3) is 16.2 Å². The molecule has 2 aliphatic rings. The van der Waals surface area contributed by atoms with Crippen LogP contribution in [0.15, 0.2) is 30.5 Å². The summed E-state index contributed by atoms with van der Waals surface area (Å²) in [7, 11) is 0. The summed E-state index contributed by atoms with van der Waals surface area (Å²) in [5.41, 5.74) is 1.73. The van der Waals surface area contributed by atoms with Gasteiger partial charge in [0.2, 0.25) is 10.1 Å². The summed E-state index contributed by atoms with van der Waals surface area (Å²) in [5, 5.41) is 12.2. The van der Waals surface area contributed by atoms with Crippen molar-refractivity contribution in [1.29, 1.82) is 0 Å². The number of hydrogen-bond donors (Lipinski definition) is 2. The number of rotatable bonds is 5. The highest BCUT2D eigenvalue weighted by Gasteiger charge is 2.44. The number of piperidine rings is 1. The van der Waals surface area contributed by atoms with Crippen molar-refractivity contribution in [1.82, 2.24) is 19.9 Å². The van der Waals surface area contributed by atoms with Crippen LogP contribution in [0.1, 0.15) is 25.7 Å². The SMILES string of the molecule is FC(F)(F)Oc1cccc(-c2cnc3sc(NCC4CC5(CCNCC5)C4)nn23)c1. The van der Waals surface area contributed by atoms with E-state index < -0.39 is 6.36 Å². The number of aromatic nitrogens is 3. The van der Waals surface area contributed by atoms with Crippen LogP contribution in [-0.4, -0.2) is 40.6 Å². The third-order valence-corrected chi connectivity index (χ3v) is 6.98. The molecule has 1 spiro atoms. The van der Waals surface area contributed by atoms with Gasteiger partial charge in [0.25, 0.3) is 0 Å². The van der Waals surface area contributed by atoms with Gasteiger partial charge in [-0.1, -0.05) is 23.5 Å². The molecule has 1 aliphatic carbocycles. The first-order valence-electron chi connectivity index (χ1n) is 10.0. The van der Waals surface area contributed by atoms with E-state index in [2.05, 4.69) is 25.5 Å². The molecule has 1 saturated carbocycles. The van der Waals surface area contributed by atoms with Crippen LogP contribution in [0.2, 0.25) is 0 Å². The molecular formula is C20H22F3N5OS. The van der Waals surface area contributed by atoms with Crippen LogP contribution in [0, 0.1) is 11.3 Å². The van der Waals surface area contributed by atoms with Gasteiger partial charge in [0.1, 0.15) is 5.75 Å². The Hall–Kier alpha value is -2.33. The first-order valence-corrected chi connectivity index (χ1v) is 10.9. The van der Waals surface area contributed by atoms with Crippen molar-refractivity contribution < 1.29 is 17.9 Å². The largest absolute Gasteiger partial charge is 0.573 e. The van der Waals surface area contributed by atoms with Crippen LogP contribution in [0.3, 0.4) is 0 Å². The maximum absolute atomic E-state index is 12.5. The summed E-state index contributed by atoms with van der Waals surface area (Å²) >= 11 is 1.44. The maximum atomic E-state index is 12.5. The fraction of sp³-hybridized carbons (Fsp3) is 0.500. The summed E-state index contributed by atoms with van der Waals surface area (Å²) in [6, 6.07) is 5.85. The van der Waals surface area contributed by atoms with Gasteiger partial charge in [-0.2, -0.15) is 0 Å². The summed E-state index contributed by atoms with van der Waals surface area (Å²) in [5.74, 6) is 0.398. The van der Waals surface area contributed by atoms with Crippen molar-refractivity contribution in [3.8, 4) is 17.0 Å². The number of ether oxygens (including phenoxy) is 1. The monoisotopic (exact) mass is 437 g/mol. The van der Waals surface area contributed by atoms with Crippen LogP contribution >= 0.6 is 11.3 Å². The molecule has 1 saturated heterocycles. The van der Waals surface area contributed by atoms with E-state index in [4.69, 9.17) is 0 Å². The van der Waals surface area contributed by atoms with Gasteiger partial charge in [-0.15, -0.1) is 18.3 Å².